The molecule has 2 aromatic carbocycles. The number of benzene rings is 2. The second-order valence-electron chi connectivity index (χ2n) is 10.2. The van der Waals surface area contributed by atoms with E-state index < -0.39 is 0 Å². The highest BCUT2D eigenvalue weighted by Gasteiger charge is 2.40. The minimum Gasteiger partial charge on any atom is -0.370 e. The lowest BCUT2D eigenvalue weighted by Gasteiger charge is -2.40. The fourth-order valence-corrected chi connectivity index (χ4v) is 6.57. The topological polar surface area (TPSA) is 77.1 Å². The number of hydrogen-bond acceptors (Lipinski definition) is 7. The number of amides is 3. The molecule has 196 valence electrons. The van der Waals surface area contributed by atoms with Gasteiger partial charge in [0.15, 0.2) is 0 Å². The highest BCUT2D eigenvalue weighted by atomic mass is 32.1. The first kappa shape index (κ1) is 24.6. The van der Waals surface area contributed by atoms with E-state index in [0.29, 0.717) is 30.8 Å². The van der Waals surface area contributed by atoms with Gasteiger partial charge in [0.1, 0.15) is 5.01 Å². The molecule has 1 unspecified atom stereocenters. The first-order valence-corrected chi connectivity index (χ1v) is 14.1. The Morgan fingerprint density at radius 1 is 0.947 bits per heavy atom. The van der Waals surface area contributed by atoms with Crippen LogP contribution < -0.4 is 9.80 Å². The van der Waals surface area contributed by atoms with Gasteiger partial charge in [-0.3, -0.25) is 19.3 Å². The molecule has 0 aliphatic carbocycles. The summed E-state index contributed by atoms with van der Waals surface area (Å²) in [4.78, 5) is 52.3. The Hall–Kier alpha value is -3.72. The lowest BCUT2D eigenvalue weighted by molar-refractivity contribution is -0.136. The monoisotopic (exact) mass is 529 g/mol. The fraction of sp³-hybridized carbons (Fsp3) is 0.379. The molecule has 1 atom stereocenters. The molecule has 3 amide bonds. The molecule has 4 heterocycles. The van der Waals surface area contributed by atoms with Gasteiger partial charge < -0.3 is 14.7 Å². The predicted molar refractivity (Wildman–Crippen MR) is 148 cm³/mol. The molecule has 8 nitrogen and oxygen atoms in total. The zero-order valence-corrected chi connectivity index (χ0v) is 22.3. The molecule has 1 aromatic heterocycles. The molecular weight excluding hydrogens is 498 g/mol. The molecule has 2 fully saturated rings. The number of piperazine rings is 1. The first-order valence-electron chi connectivity index (χ1n) is 13.2. The van der Waals surface area contributed by atoms with E-state index >= 15 is 0 Å². The molecule has 0 N–H and O–H groups in total. The summed E-state index contributed by atoms with van der Waals surface area (Å²) in [5.74, 6) is -0.484. The van der Waals surface area contributed by atoms with Crippen molar-refractivity contribution in [3.63, 3.8) is 0 Å². The Morgan fingerprint density at radius 3 is 2.47 bits per heavy atom. The number of thiazole rings is 1. The van der Waals surface area contributed by atoms with Crippen LogP contribution in [0, 0.1) is 12.8 Å². The third-order valence-electron chi connectivity index (χ3n) is 7.76. The van der Waals surface area contributed by atoms with Crippen LogP contribution in [0.5, 0.6) is 0 Å². The molecule has 0 bridgehead atoms. The maximum absolute atomic E-state index is 13.5. The largest absolute Gasteiger partial charge is 0.370 e. The zero-order valence-electron chi connectivity index (χ0n) is 21.5. The van der Waals surface area contributed by atoms with Crippen LogP contribution in [-0.4, -0.2) is 71.8 Å². The van der Waals surface area contributed by atoms with Crippen LogP contribution in [0.3, 0.4) is 0 Å². The van der Waals surface area contributed by atoms with Gasteiger partial charge in [-0.15, -0.1) is 11.3 Å². The number of carbonyl (C=O) groups excluding carboxylic acids is 3. The van der Waals surface area contributed by atoms with E-state index in [1.54, 1.807) is 6.07 Å². The maximum atomic E-state index is 13.5. The second kappa shape index (κ2) is 10.2. The summed E-state index contributed by atoms with van der Waals surface area (Å²) in [6.07, 6.45) is 1.71. The van der Waals surface area contributed by atoms with Crippen LogP contribution in [0.1, 0.15) is 44.3 Å². The molecule has 0 saturated carbocycles. The van der Waals surface area contributed by atoms with Crippen molar-refractivity contribution in [2.75, 3.05) is 49.1 Å². The minimum atomic E-state index is -0.279. The van der Waals surface area contributed by atoms with Crippen molar-refractivity contribution < 1.29 is 14.4 Å². The summed E-state index contributed by atoms with van der Waals surface area (Å²) in [5.41, 5.74) is 3.72. The molecule has 3 aliphatic heterocycles. The molecule has 38 heavy (non-hydrogen) atoms. The summed E-state index contributed by atoms with van der Waals surface area (Å²) in [6.45, 7) is 6.47. The van der Waals surface area contributed by atoms with Gasteiger partial charge in [-0.2, -0.15) is 0 Å². The van der Waals surface area contributed by atoms with Crippen molar-refractivity contribution in [3.05, 3.63) is 75.7 Å². The minimum absolute atomic E-state index is 0.121. The summed E-state index contributed by atoms with van der Waals surface area (Å²) in [6, 6.07) is 15.8. The fourth-order valence-electron chi connectivity index (χ4n) is 5.81. The van der Waals surface area contributed by atoms with E-state index in [1.165, 1.54) is 21.9 Å². The average molecular weight is 530 g/mol. The molecule has 0 radical (unpaired) electrons. The lowest BCUT2D eigenvalue weighted by atomic mass is 9.94. The van der Waals surface area contributed by atoms with Crippen molar-refractivity contribution in [1.29, 1.82) is 0 Å². The van der Waals surface area contributed by atoms with Crippen molar-refractivity contribution in [2.24, 2.45) is 5.92 Å². The molecular formula is C29H31N5O3S. The zero-order chi connectivity index (χ0) is 26.2. The second-order valence-corrected chi connectivity index (χ2v) is 11.2. The molecule has 3 aliphatic rings. The number of piperidine rings is 1. The number of carbonyl (C=O) groups is 3. The van der Waals surface area contributed by atoms with Crippen LogP contribution in [-0.2, 0) is 11.3 Å². The van der Waals surface area contributed by atoms with Gasteiger partial charge in [0, 0.05) is 56.0 Å². The van der Waals surface area contributed by atoms with Crippen LogP contribution in [0.2, 0.25) is 0 Å². The van der Waals surface area contributed by atoms with Gasteiger partial charge in [0.2, 0.25) is 5.91 Å². The highest BCUT2D eigenvalue weighted by molar-refractivity contribution is 7.09. The van der Waals surface area contributed by atoms with Crippen molar-refractivity contribution >= 4 is 40.4 Å². The van der Waals surface area contributed by atoms with Crippen LogP contribution >= 0.6 is 11.3 Å². The quantitative estimate of drug-likeness (QED) is 0.468. The highest BCUT2D eigenvalue weighted by Crippen LogP contribution is 2.35. The Bertz CT molecular complexity index is 1370. The average Bonchev–Trinajstić information content (AvgIpc) is 3.49. The van der Waals surface area contributed by atoms with Gasteiger partial charge in [-0.1, -0.05) is 24.3 Å². The van der Waals surface area contributed by atoms with E-state index in [9.17, 15) is 14.4 Å². The van der Waals surface area contributed by atoms with E-state index in [0.717, 1.165) is 48.9 Å². The number of hydrogen-bond donors (Lipinski definition) is 0. The summed E-state index contributed by atoms with van der Waals surface area (Å²) in [7, 11) is 0. The molecule has 0 spiro atoms. The van der Waals surface area contributed by atoms with E-state index in [1.807, 2.05) is 47.5 Å². The number of fused-ring (bicyclic) bond motifs is 1. The first-order chi connectivity index (χ1) is 18.5. The molecule has 3 aromatic rings. The van der Waals surface area contributed by atoms with E-state index in [-0.39, 0.29) is 30.2 Å². The van der Waals surface area contributed by atoms with Crippen molar-refractivity contribution in [3.8, 4) is 0 Å². The number of nitrogens with zero attached hydrogens (tertiary/aromatic N) is 5. The number of rotatable bonds is 5. The summed E-state index contributed by atoms with van der Waals surface area (Å²) in [5, 5.41) is 2.67. The summed E-state index contributed by atoms with van der Waals surface area (Å²) < 4.78 is 0. The molecule has 2 saturated heterocycles. The third kappa shape index (κ3) is 4.55. The Morgan fingerprint density at radius 2 is 1.74 bits per heavy atom. The summed E-state index contributed by atoms with van der Waals surface area (Å²) >= 11 is 1.45. The number of aryl methyl sites for hydroxylation is 1. The number of imide groups is 1. The van der Waals surface area contributed by atoms with Gasteiger partial charge in [0.25, 0.3) is 11.8 Å². The van der Waals surface area contributed by atoms with Gasteiger partial charge >= 0.3 is 0 Å². The van der Waals surface area contributed by atoms with Crippen LogP contribution in [0.15, 0.2) is 53.9 Å². The molecule has 6 rings (SSSR count). The number of para-hydroxylation sites is 1. The Labute approximate surface area is 226 Å². The maximum Gasteiger partial charge on any atom is 0.264 e. The van der Waals surface area contributed by atoms with Crippen molar-refractivity contribution in [1.82, 2.24) is 14.8 Å². The van der Waals surface area contributed by atoms with Crippen LogP contribution in [0.25, 0.3) is 0 Å². The standard InChI is InChI=1S/C29H31N5O3S/c1-20-19-38-25(30-20)18-34-28(36)23-10-5-11-24(26(23)29(34)37)33-12-6-7-21(17-33)27(35)32-15-13-31(14-16-32)22-8-3-2-4-9-22/h2-5,8-11,19,21H,6-7,12-18H2,1H3. The number of aromatic nitrogens is 1. The normalized spacial score (nSPS) is 19.8. The third-order valence-corrected chi connectivity index (χ3v) is 8.71. The van der Waals surface area contributed by atoms with E-state index in [2.05, 4.69) is 26.9 Å². The Balaban J connectivity index is 1.15. The van der Waals surface area contributed by atoms with Crippen LogP contribution in [0.4, 0.5) is 11.4 Å². The predicted octanol–water partition coefficient (Wildman–Crippen LogP) is 3.81. The van der Waals surface area contributed by atoms with Gasteiger partial charge in [-0.05, 0) is 44.0 Å². The van der Waals surface area contributed by atoms with Gasteiger partial charge in [0.05, 0.1) is 29.3 Å². The van der Waals surface area contributed by atoms with Crippen molar-refractivity contribution in [2.45, 2.75) is 26.3 Å². The lowest BCUT2D eigenvalue weighted by Crippen LogP contribution is -2.52. The van der Waals surface area contributed by atoms with E-state index in [4.69, 9.17) is 0 Å². The molecule has 9 heteroatoms. The smallest absolute Gasteiger partial charge is 0.264 e. The van der Waals surface area contributed by atoms with Gasteiger partial charge in [-0.25, -0.2) is 4.98 Å². The Kier molecular flexibility index (Phi) is 6.61. The number of anilines is 2. The SMILES string of the molecule is Cc1csc(CN2C(=O)c3cccc(N4CCCC(C(=O)N5CCN(c6ccccc6)CC5)C4)c3C2=O)n1.